The molecule has 3 atom stereocenters. The quantitative estimate of drug-likeness (QED) is 0.366. The van der Waals surface area contributed by atoms with Gasteiger partial charge in [0, 0.05) is 17.9 Å². The number of carboxylic acids is 1. The molecular weight excluding hydrogens is 459 g/mol. The highest BCUT2D eigenvalue weighted by molar-refractivity contribution is 5.67. The number of rotatable bonds is 10. The molecule has 1 heterocycles. The average molecular weight is 491 g/mol. The Morgan fingerprint density at radius 1 is 1.11 bits per heavy atom. The third-order valence-corrected chi connectivity index (χ3v) is 6.42. The van der Waals surface area contributed by atoms with Gasteiger partial charge in [-0.15, -0.1) is 0 Å². The van der Waals surface area contributed by atoms with Crippen LogP contribution in [0.2, 0.25) is 0 Å². The fraction of sp³-hybridized carbons (Fsp3) is 0.310. The first-order valence-corrected chi connectivity index (χ1v) is 12.3. The second-order valence-corrected chi connectivity index (χ2v) is 9.19. The number of allylic oxidation sites excluding steroid dienone is 1. The summed E-state index contributed by atoms with van der Waals surface area (Å²) in [5, 5.41) is 34.0. The van der Waals surface area contributed by atoms with Crippen molar-refractivity contribution in [2.75, 3.05) is 0 Å². The van der Waals surface area contributed by atoms with Gasteiger partial charge in [0.05, 0.1) is 35.7 Å². The molecule has 1 aliphatic rings. The van der Waals surface area contributed by atoms with Gasteiger partial charge in [-0.2, -0.15) is 5.10 Å². The Hall–Kier alpha value is -3.55. The lowest BCUT2D eigenvalue weighted by atomic mass is 9.84. The van der Waals surface area contributed by atoms with Crippen molar-refractivity contribution in [3.8, 4) is 5.69 Å². The summed E-state index contributed by atoms with van der Waals surface area (Å²) in [6.45, 7) is 0. The van der Waals surface area contributed by atoms with Crippen LogP contribution in [0, 0.1) is 5.82 Å². The molecule has 2 aromatic carbocycles. The zero-order chi connectivity index (χ0) is 25.5. The first-order valence-electron chi connectivity index (χ1n) is 12.3. The second kappa shape index (κ2) is 11.9. The number of benzene rings is 2. The number of fused-ring (bicyclic) bond motifs is 1. The van der Waals surface area contributed by atoms with Gasteiger partial charge in [0.15, 0.2) is 0 Å². The van der Waals surface area contributed by atoms with Gasteiger partial charge in [-0.25, -0.2) is 9.07 Å². The number of aliphatic carboxylic acids is 1. The van der Waals surface area contributed by atoms with Crippen LogP contribution in [0.1, 0.15) is 60.5 Å². The lowest BCUT2D eigenvalue weighted by Gasteiger charge is -2.20. The Labute approximate surface area is 210 Å². The van der Waals surface area contributed by atoms with E-state index < -0.39 is 24.6 Å². The molecule has 1 aromatic heterocycles. The number of aromatic nitrogens is 2. The highest BCUT2D eigenvalue weighted by atomic mass is 19.1. The van der Waals surface area contributed by atoms with Crippen molar-refractivity contribution >= 4 is 18.1 Å². The number of carboxylic acid groups (broad SMARTS) is 1. The summed E-state index contributed by atoms with van der Waals surface area (Å²) in [7, 11) is 0. The lowest BCUT2D eigenvalue weighted by Crippen LogP contribution is -2.19. The van der Waals surface area contributed by atoms with Crippen molar-refractivity contribution < 1.29 is 24.5 Å². The van der Waals surface area contributed by atoms with Crippen LogP contribution in [-0.2, 0) is 11.2 Å². The molecule has 0 radical (unpaired) electrons. The van der Waals surface area contributed by atoms with E-state index in [1.165, 1.54) is 12.1 Å². The van der Waals surface area contributed by atoms with E-state index in [1.807, 2.05) is 18.2 Å². The molecule has 3 aromatic rings. The average Bonchev–Trinajstić information content (AvgIpc) is 3.22. The molecule has 0 spiro atoms. The van der Waals surface area contributed by atoms with Crippen LogP contribution in [0.3, 0.4) is 0 Å². The number of aliphatic hydroxyl groups is 2. The Morgan fingerprint density at radius 3 is 2.58 bits per heavy atom. The van der Waals surface area contributed by atoms with Crippen LogP contribution in [0.25, 0.3) is 17.8 Å². The van der Waals surface area contributed by atoms with Crippen molar-refractivity contribution in [3.05, 3.63) is 95.1 Å². The fourth-order valence-corrected chi connectivity index (χ4v) is 4.68. The molecule has 188 valence electrons. The third kappa shape index (κ3) is 6.56. The highest BCUT2D eigenvalue weighted by Gasteiger charge is 2.27. The van der Waals surface area contributed by atoms with E-state index in [-0.39, 0.29) is 18.2 Å². The molecule has 7 heteroatoms. The molecule has 3 unspecified atom stereocenters. The van der Waals surface area contributed by atoms with E-state index in [2.05, 4.69) is 24.3 Å². The lowest BCUT2D eigenvalue weighted by molar-refractivity contribution is -0.139. The summed E-state index contributed by atoms with van der Waals surface area (Å²) >= 11 is 0. The molecule has 0 saturated carbocycles. The standard InChI is InChI=1S/C29H31FN2O4/c30-22-12-14-23(15-13-22)32-27(17-16-24(33)18-25(34)19-28(35)36)26-11-5-10-21(29(26)31-32)9-4-8-20-6-2-1-3-7-20/h1-4,6-8,12-17,21,24-25,33-34H,5,9-11,18-19H2,(H,35,36). The van der Waals surface area contributed by atoms with Gasteiger partial charge in [-0.3, -0.25) is 4.79 Å². The Kier molecular flexibility index (Phi) is 8.46. The van der Waals surface area contributed by atoms with Crippen molar-refractivity contribution in [1.29, 1.82) is 0 Å². The molecule has 0 aliphatic heterocycles. The number of nitrogens with zero attached hydrogens (tertiary/aromatic N) is 2. The monoisotopic (exact) mass is 490 g/mol. The second-order valence-electron chi connectivity index (χ2n) is 9.19. The predicted octanol–water partition coefficient (Wildman–Crippen LogP) is 5.13. The summed E-state index contributed by atoms with van der Waals surface area (Å²) < 4.78 is 15.4. The summed E-state index contributed by atoms with van der Waals surface area (Å²) in [5.74, 6) is -1.21. The maximum absolute atomic E-state index is 13.6. The van der Waals surface area contributed by atoms with Gasteiger partial charge in [-0.1, -0.05) is 48.6 Å². The van der Waals surface area contributed by atoms with E-state index in [4.69, 9.17) is 10.2 Å². The van der Waals surface area contributed by atoms with Crippen molar-refractivity contribution in [3.63, 3.8) is 0 Å². The predicted molar refractivity (Wildman–Crippen MR) is 137 cm³/mol. The molecule has 3 N–H and O–H groups in total. The van der Waals surface area contributed by atoms with Crippen LogP contribution >= 0.6 is 0 Å². The van der Waals surface area contributed by atoms with E-state index in [0.717, 1.165) is 48.2 Å². The number of halogens is 1. The van der Waals surface area contributed by atoms with Crippen molar-refractivity contribution in [2.24, 2.45) is 0 Å². The van der Waals surface area contributed by atoms with Crippen LogP contribution in [0.15, 0.2) is 66.7 Å². The van der Waals surface area contributed by atoms with Gasteiger partial charge < -0.3 is 15.3 Å². The van der Waals surface area contributed by atoms with Crippen molar-refractivity contribution in [1.82, 2.24) is 9.78 Å². The van der Waals surface area contributed by atoms with Crippen molar-refractivity contribution in [2.45, 2.75) is 56.7 Å². The van der Waals surface area contributed by atoms with E-state index >= 15 is 0 Å². The third-order valence-electron chi connectivity index (χ3n) is 6.42. The SMILES string of the molecule is O=C(O)CC(O)CC(O)C=Cc1c2c(nn1-c1ccc(F)cc1)C(CC=Cc1ccccc1)CCC2. The van der Waals surface area contributed by atoms with E-state index in [0.29, 0.717) is 5.69 Å². The fourth-order valence-electron chi connectivity index (χ4n) is 4.68. The first kappa shape index (κ1) is 25.5. The molecule has 0 fully saturated rings. The van der Waals surface area contributed by atoms with E-state index in [1.54, 1.807) is 29.0 Å². The summed E-state index contributed by atoms with van der Waals surface area (Å²) in [6.07, 6.45) is 8.67. The maximum atomic E-state index is 13.6. The summed E-state index contributed by atoms with van der Waals surface area (Å²) in [6, 6.07) is 16.3. The highest BCUT2D eigenvalue weighted by Crippen LogP contribution is 2.37. The van der Waals surface area contributed by atoms with Crippen LogP contribution < -0.4 is 0 Å². The Bertz CT molecular complexity index is 1220. The first-order chi connectivity index (χ1) is 17.4. The minimum Gasteiger partial charge on any atom is -0.481 e. The summed E-state index contributed by atoms with van der Waals surface area (Å²) in [5.41, 5.74) is 4.76. The molecule has 4 rings (SSSR count). The maximum Gasteiger partial charge on any atom is 0.305 e. The minimum atomic E-state index is -1.14. The number of carbonyl (C=O) groups is 1. The molecule has 0 amide bonds. The molecule has 0 saturated heterocycles. The van der Waals surface area contributed by atoms with Crippen LogP contribution in [-0.4, -0.2) is 43.3 Å². The Morgan fingerprint density at radius 2 is 1.86 bits per heavy atom. The van der Waals surface area contributed by atoms with Gasteiger partial charge >= 0.3 is 5.97 Å². The van der Waals surface area contributed by atoms with E-state index in [9.17, 15) is 19.4 Å². The normalized spacial score (nSPS) is 17.4. The van der Waals surface area contributed by atoms with Gasteiger partial charge in [-0.05, 0) is 61.6 Å². The minimum absolute atomic E-state index is 0.0808. The van der Waals surface area contributed by atoms with Crippen LogP contribution in [0.5, 0.6) is 0 Å². The molecule has 0 bridgehead atoms. The zero-order valence-corrected chi connectivity index (χ0v) is 20.0. The van der Waals surface area contributed by atoms with Gasteiger partial charge in [0.2, 0.25) is 0 Å². The largest absolute Gasteiger partial charge is 0.481 e. The van der Waals surface area contributed by atoms with Gasteiger partial charge in [0.25, 0.3) is 0 Å². The molecule has 36 heavy (non-hydrogen) atoms. The number of hydrogen-bond acceptors (Lipinski definition) is 4. The topological polar surface area (TPSA) is 95.6 Å². The number of hydrogen-bond donors (Lipinski definition) is 3. The molecular formula is C29H31FN2O4. The smallest absolute Gasteiger partial charge is 0.305 e. The zero-order valence-electron chi connectivity index (χ0n) is 20.0. The van der Waals surface area contributed by atoms with Crippen LogP contribution in [0.4, 0.5) is 4.39 Å². The Balaban J connectivity index is 1.61. The summed E-state index contributed by atoms with van der Waals surface area (Å²) in [4.78, 5) is 10.8. The molecule has 6 nitrogen and oxygen atoms in total. The number of aliphatic hydroxyl groups excluding tert-OH is 2. The van der Waals surface area contributed by atoms with Gasteiger partial charge in [0.1, 0.15) is 5.82 Å². The molecule has 1 aliphatic carbocycles.